The number of benzene rings is 2. The standard InChI is InChI=1S/C34H41ClO9/c1-6-7-8-9-10-11-16-43-22-14-12-21(13-15-22)23(18-27(37)42-5)28-24(36)17-20(2)34(32(28)38)33(39)29-25(40-3)19-26(41-4)30(35)31(29)44-34/h12-15,19-20,23,38H,6-11,16-18H2,1-5H3. The van der Waals surface area contributed by atoms with E-state index in [9.17, 15) is 19.5 Å². The van der Waals surface area contributed by atoms with Crippen LogP contribution in [0.25, 0.3) is 0 Å². The molecule has 1 spiro atoms. The van der Waals surface area contributed by atoms with Gasteiger partial charge in [0.15, 0.2) is 17.3 Å². The maximum absolute atomic E-state index is 14.1. The van der Waals surface area contributed by atoms with E-state index >= 15 is 0 Å². The second-order valence-electron chi connectivity index (χ2n) is 11.3. The molecule has 0 radical (unpaired) electrons. The first-order valence-electron chi connectivity index (χ1n) is 15.1. The number of rotatable bonds is 14. The monoisotopic (exact) mass is 628 g/mol. The van der Waals surface area contributed by atoms with Gasteiger partial charge in [-0.1, -0.05) is 69.7 Å². The van der Waals surface area contributed by atoms with Crippen LogP contribution in [0.3, 0.4) is 0 Å². The first kappa shape index (κ1) is 33.2. The lowest BCUT2D eigenvalue weighted by atomic mass is 9.69. The molecule has 10 heteroatoms. The van der Waals surface area contributed by atoms with Crippen molar-refractivity contribution in [2.24, 2.45) is 5.92 Å². The highest BCUT2D eigenvalue weighted by Gasteiger charge is 2.61. The van der Waals surface area contributed by atoms with E-state index < -0.39 is 40.7 Å². The van der Waals surface area contributed by atoms with Crippen LogP contribution in [0.5, 0.6) is 23.0 Å². The van der Waals surface area contributed by atoms with E-state index in [1.165, 1.54) is 53.1 Å². The fourth-order valence-corrected chi connectivity index (χ4v) is 6.31. The molecule has 4 rings (SSSR count). The molecule has 1 heterocycles. The van der Waals surface area contributed by atoms with Crippen molar-refractivity contribution >= 4 is 29.1 Å². The third-order valence-corrected chi connectivity index (χ3v) is 8.87. The Morgan fingerprint density at radius 1 is 1.05 bits per heavy atom. The maximum Gasteiger partial charge on any atom is 0.306 e. The van der Waals surface area contributed by atoms with E-state index in [2.05, 4.69) is 6.92 Å². The average molecular weight is 629 g/mol. The van der Waals surface area contributed by atoms with Crippen molar-refractivity contribution in [3.05, 3.63) is 57.8 Å². The van der Waals surface area contributed by atoms with Gasteiger partial charge in [0.25, 0.3) is 0 Å². The zero-order chi connectivity index (χ0) is 32.0. The Kier molecular flexibility index (Phi) is 10.8. The summed E-state index contributed by atoms with van der Waals surface area (Å²) in [4.78, 5) is 40.4. The van der Waals surface area contributed by atoms with Crippen LogP contribution >= 0.6 is 11.6 Å². The molecule has 0 aromatic heterocycles. The van der Waals surface area contributed by atoms with Gasteiger partial charge >= 0.3 is 5.97 Å². The second-order valence-corrected chi connectivity index (χ2v) is 11.7. The minimum atomic E-state index is -1.95. The molecule has 1 N–H and O–H groups in total. The van der Waals surface area contributed by atoms with E-state index in [1.54, 1.807) is 31.2 Å². The van der Waals surface area contributed by atoms with Crippen molar-refractivity contribution < 1.29 is 43.2 Å². The summed E-state index contributed by atoms with van der Waals surface area (Å²) in [5.41, 5.74) is -1.43. The van der Waals surface area contributed by atoms with Gasteiger partial charge in [0.1, 0.15) is 27.8 Å². The van der Waals surface area contributed by atoms with Crippen LogP contribution in [0.1, 0.15) is 87.1 Å². The highest BCUT2D eigenvalue weighted by molar-refractivity contribution is 6.35. The molecule has 1 aliphatic heterocycles. The number of esters is 1. The zero-order valence-electron chi connectivity index (χ0n) is 26.0. The normalized spacial score (nSPS) is 19.9. The minimum absolute atomic E-state index is 0.00338. The van der Waals surface area contributed by atoms with E-state index in [-0.39, 0.29) is 46.2 Å². The molecule has 0 saturated heterocycles. The van der Waals surface area contributed by atoms with Gasteiger partial charge in [0.2, 0.25) is 11.4 Å². The Balaban J connectivity index is 1.70. The van der Waals surface area contributed by atoms with Gasteiger partial charge in [-0.3, -0.25) is 14.4 Å². The lowest BCUT2D eigenvalue weighted by Gasteiger charge is -2.38. The fourth-order valence-electron chi connectivity index (χ4n) is 6.04. The number of allylic oxidation sites excluding steroid dienone is 1. The SMILES string of the molecule is CCCCCCCCOc1ccc(C(CC(=O)OC)C2=C(O)C3(Oc4c(Cl)c(OC)cc(OC)c4C3=O)C(C)CC2=O)cc1. The lowest BCUT2D eigenvalue weighted by molar-refractivity contribution is -0.140. The summed E-state index contributed by atoms with van der Waals surface area (Å²) in [6.45, 7) is 4.42. The largest absolute Gasteiger partial charge is 0.507 e. The quantitative estimate of drug-likeness (QED) is 0.171. The van der Waals surface area contributed by atoms with Gasteiger partial charge in [0, 0.05) is 29.9 Å². The molecular formula is C34H41ClO9. The highest BCUT2D eigenvalue weighted by Crippen LogP contribution is 2.55. The Labute approximate surface area is 263 Å². The van der Waals surface area contributed by atoms with Gasteiger partial charge in [-0.25, -0.2) is 0 Å². The number of hydrogen-bond donors (Lipinski definition) is 1. The van der Waals surface area contributed by atoms with Crippen molar-refractivity contribution in [3.8, 4) is 23.0 Å². The van der Waals surface area contributed by atoms with Crippen molar-refractivity contribution in [1.82, 2.24) is 0 Å². The van der Waals surface area contributed by atoms with E-state index in [4.69, 9.17) is 35.3 Å². The molecule has 0 bridgehead atoms. The number of carbonyl (C=O) groups excluding carboxylic acids is 3. The third-order valence-electron chi connectivity index (χ3n) is 8.51. The molecule has 1 aliphatic carbocycles. The molecule has 3 unspecified atom stereocenters. The topological polar surface area (TPSA) is 118 Å². The molecule has 2 aromatic rings. The summed E-state index contributed by atoms with van der Waals surface area (Å²) < 4.78 is 27.9. The summed E-state index contributed by atoms with van der Waals surface area (Å²) in [5, 5.41) is 11.9. The van der Waals surface area contributed by atoms with Crippen LogP contribution in [0, 0.1) is 5.92 Å². The van der Waals surface area contributed by atoms with Crippen LogP contribution in [0.2, 0.25) is 5.02 Å². The lowest BCUT2D eigenvalue weighted by Crippen LogP contribution is -2.53. The number of halogens is 1. The van der Waals surface area contributed by atoms with E-state index in [1.807, 2.05) is 0 Å². The molecule has 238 valence electrons. The predicted octanol–water partition coefficient (Wildman–Crippen LogP) is 7.18. The van der Waals surface area contributed by atoms with E-state index in [0.29, 0.717) is 17.9 Å². The van der Waals surface area contributed by atoms with Gasteiger partial charge < -0.3 is 28.8 Å². The third kappa shape index (κ3) is 6.25. The van der Waals surface area contributed by atoms with Crippen molar-refractivity contribution in [2.75, 3.05) is 27.9 Å². The molecule has 2 aliphatic rings. The maximum atomic E-state index is 14.1. The molecule has 0 fully saturated rings. The van der Waals surface area contributed by atoms with Crippen LogP contribution in [-0.2, 0) is 14.3 Å². The van der Waals surface area contributed by atoms with Gasteiger partial charge in [-0.15, -0.1) is 0 Å². The number of hydrogen-bond acceptors (Lipinski definition) is 9. The minimum Gasteiger partial charge on any atom is -0.507 e. The average Bonchev–Trinajstić information content (AvgIpc) is 3.34. The van der Waals surface area contributed by atoms with Crippen LogP contribution in [0.15, 0.2) is 41.7 Å². The number of ether oxygens (including phenoxy) is 5. The molecule has 9 nitrogen and oxygen atoms in total. The molecule has 44 heavy (non-hydrogen) atoms. The Hall–Kier alpha value is -3.72. The molecule has 0 amide bonds. The van der Waals surface area contributed by atoms with Crippen molar-refractivity contribution in [3.63, 3.8) is 0 Å². The summed E-state index contributed by atoms with van der Waals surface area (Å²) in [7, 11) is 4.06. The number of unbranched alkanes of at least 4 members (excludes halogenated alkanes) is 5. The van der Waals surface area contributed by atoms with Crippen LogP contribution in [0.4, 0.5) is 0 Å². The van der Waals surface area contributed by atoms with Gasteiger partial charge in [0.05, 0.1) is 34.4 Å². The number of fused-ring (bicyclic) bond motifs is 1. The van der Waals surface area contributed by atoms with Gasteiger partial charge in [-0.05, 0) is 24.1 Å². The van der Waals surface area contributed by atoms with Crippen LogP contribution < -0.4 is 18.9 Å². The Bertz CT molecular complexity index is 1410. The molecule has 2 aromatic carbocycles. The summed E-state index contributed by atoms with van der Waals surface area (Å²) >= 11 is 6.55. The smallest absolute Gasteiger partial charge is 0.306 e. The fraction of sp³-hybridized carbons (Fsp3) is 0.500. The molecule has 0 saturated carbocycles. The predicted molar refractivity (Wildman–Crippen MR) is 165 cm³/mol. The summed E-state index contributed by atoms with van der Waals surface area (Å²) in [6, 6.07) is 8.50. The van der Waals surface area contributed by atoms with Crippen LogP contribution in [-0.4, -0.2) is 56.2 Å². The molecular weight excluding hydrogens is 588 g/mol. The number of methoxy groups -OCH3 is 3. The Morgan fingerprint density at radius 2 is 1.70 bits per heavy atom. The number of aliphatic hydroxyl groups excluding tert-OH is 1. The van der Waals surface area contributed by atoms with Gasteiger partial charge in [-0.2, -0.15) is 0 Å². The van der Waals surface area contributed by atoms with Crippen molar-refractivity contribution in [2.45, 2.75) is 76.7 Å². The first-order valence-corrected chi connectivity index (χ1v) is 15.5. The Morgan fingerprint density at radius 3 is 2.34 bits per heavy atom. The second kappa shape index (κ2) is 14.4. The summed E-state index contributed by atoms with van der Waals surface area (Å²) in [6.07, 6.45) is 6.54. The number of carbonyl (C=O) groups is 3. The zero-order valence-corrected chi connectivity index (χ0v) is 26.8. The number of ketones is 2. The van der Waals surface area contributed by atoms with Crippen molar-refractivity contribution in [1.29, 1.82) is 0 Å². The number of aliphatic hydroxyl groups is 1. The molecule has 3 atom stereocenters. The first-order chi connectivity index (χ1) is 21.1. The highest BCUT2D eigenvalue weighted by atomic mass is 35.5. The van der Waals surface area contributed by atoms with E-state index in [0.717, 1.165) is 12.8 Å². The number of Topliss-reactive ketones (excluding diaryl/α,β-unsaturated/α-hetero) is 2. The summed E-state index contributed by atoms with van der Waals surface area (Å²) in [5.74, 6) is -2.80.